The van der Waals surface area contributed by atoms with Crippen LogP contribution in [0.3, 0.4) is 0 Å². The molecule has 1 heterocycles. The summed E-state index contributed by atoms with van der Waals surface area (Å²) in [6, 6.07) is 2.90. The fourth-order valence-electron chi connectivity index (χ4n) is 1.91. The van der Waals surface area contributed by atoms with E-state index >= 15 is 0 Å². The molecule has 0 atom stereocenters. The van der Waals surface area contributed by atoms with Gasteiger partial charge in [0.05, 0.1) is 0 Å². The van der Waals surface area contributed by atoms with E-state index in [2.05, 4.69) is 36.0 Å². The quantitative estimate of drug-likeness (QED) is 0.777. The van der Waals surface area contributed by atoms with Gasteiger partial charge < -0.3 is 5.32 Å². The molecule has 0 amide bonds. The summed E-state index contributed by atoms with van der Waals surface area (Å²) in [4.78, 5) is 0. The first-order valence-electron chi connectivity index (χ1n) is 5.04. The van der Waals surface area contributed by atoms with Gasteiger partial charge in [-0.15, -0.1) is 0 Å². The molecule has 72 valence electrons. The van der Waals surface area contributed by atoms with Gasteiger partial charge in [0.15, 0.2) is 0 Å². The molecule has 1 nitrogen and oxygen atoms in total. The summed E-state index contributed by atoms with van der Waals surface area (Å²) in [6.07, 6.45) is 2.71. The van der Waals surface area contributed by atoms with Crippen LogP contribution in [0.1, 0.15) is 26.7 Å². The predicted molar refractivity (Wildman–Crippen MR) is 59.3 cm³/mol. The normalized spacial score (nSPS) is 27.3. The summed E-state index contributed by atoms with van der Waals surface area (Å²) in [6.45, 7) is 4.65. The lowest BCUT2D eigenvalue weighted by molar-refractivity contribution is 0.212. The van der Waals surface area contributed by atoms with E-state index in [9.17, 15) is 0 Å². The minimum atomic E-state index is 0.738. The largest absolute Gasteiger partial charge is 0.382 e. The molecule has 1 saturated carbocycles. The van der Waals surface area contributed by atoms with Crippen LogP contribution in [0, 0.1) is 11.8 Å². The highest BCUT2D eigenvalue weighted by Crippen LogP contribution is 2.35. The molecule has 0 aromatic carbocycles. The maximum Gasteiger partial charge on any atom is 0.0450 e. The summed E-state index contributed by atoms with van der Waals surface area (Å²) in [7, 11) is 0. The first kappa shape index (κ1) is 9.07. The topological polar surface area (TPSA) is 12.0 Å². The molecular weight excluding hydrogens is 178 g/mol. The van der Waals surface area contributed by atoms with Crippen molar-refractivity contribution in [2.45, 2.75) is 32.7 Å². The van der Waals surface area contributed by atoms with E-state index in [-0.39, 0.29) is 0 Å². The number of anilines is 1. The highest BCUT2D eigenvalue weighted by molar-refractivity contribution is 7.08. The average molecular weight is 195 g/mol. The first-order chi connectivity index (χ1) is 6.25. The van der Waals surface area contributed by atoms with E-state index < -0.39 is 0 Å². The standard InChI is InChI=1S/C11H17NS/c1-8(2)9-5-11(6-9)12-10-3-4-13-7-10/h3-4,7-9,11-12H,5-6H2,1-2H3. The van der Waals surface area contributed by atoms with Gasteiger partial charge in [0.25, 0.3) is 0 Å². The van der Waals surface area contributed by atoms with Crippen molar-refractivity contribution >= 4 is 17.0 Å². The van der Waals surface area contributed by atoms with Gasteiger partial charge >= 0.3 is 0 Å². The van der Waals surface area contributed by atoms with Crippen LogP contribution in [-0.2, 0) is 0 Å². The maximum absolute atomic E-state index is 3.55. The van der Waals surface area contributed by atoms with Gasteiger partial charge in [-0.05, 0) is 36.1 Å². The van der Waals surface area contributed by atoms with Gasteiger partial charge in [-0.2, -0.15) is 11.3 Å². The molecule has 1 N–H and O–H groups in total. The maximum atomic E-state index is 3.55. The van der Waals surface area contributed by atoms with Crippen LogP contribution in [0.25, 0.3) is 0 Å². The highest BCUT2D eigenvalue weighted by Gasteiger charge is 2.30. The van der Waals surface area contributed by atoms with Gasteiger partial charge in [0, 0.05) is 17.1 Å². The summed E-state index contributed by atoms with van der Waals surface area (Å²) < 4.78 is 0. The Morgan fingerprint density at radius 1 is 1.46 bits per heavy atom. The number of rotatable bonds is 3. The van der Waals surface area contributed by atoms with Crippen molar-refractivity contribution in [1.29, 1.82) is 0 Å². The molecule has 0 aliphatic heterocycles. The van der Waals surface area contributed by atoms with Crippen LogP contribution < -0.4 is 5.32 Å². The Morgan fingerprint density at radius 3 is 2.77 bits per heavy atom. The average Bonchev–Trinajstić information content (AvgIpc) is 2.46. The molecule has 1 aliphatic rings. The predicted octanol–water partition coefficient (Wildman–Crippen LogP) is 3.59. The lowest BCUT2D eigenvalue weighted by Gasteiger charge is -2.38. The minimum absolute atomic E-state index is 0.738. The second-order valence-electron chi connectivity index (χ2n) is 4.33. The number of thiophene rings is 1. The second kappa shape index (κ2) is 3.70. The van der Waals surface area contributed by atoms with Crippen molar-refractivity contribution in [3.63, 3.8) is 0 Å². The third-order valence-electron chi connectivity index (χ3n) is 3.01. The number of nitrogens with one attached hydrogen (secondary N) is 1. The summed E-state index contributed by atoms with van der Waals surface area (Å²) in [5.41, 5.74) is 1.30. The highest BCUT2D eigenvalue weighted by atomic mass is 32.1. The zero-order valence-electron chi connectivity index (χ0n) is 8.29. The fourth-order valence-corrected chi connectivity index (χ4v) is 2.50. The van der Waals surface area contributed by atoms with E-state index in [1.165, 1.54) is 18.5 Å². The number of hydrogen-bond donors (Lipinski definition) is 1. The minimum Gasteiger partial charge on any atom is -0.382 e. The lowest BCUT2D eigenvalue weighted by atomic mass is 9.73. The Kier molecular flexibility index (Phi) is 2.58. The van der Waals surface area contributed by atoms with E-state index in [1.54, 1.807) is 11.3 Å². The molecular formula is C11H17NS. The molecule has 0 spiro atoms. The SMILES string of the molecule is CC(C)C1CC(Nc2ccsc2)C1. The second-order valence-corrected chi connectivity index (χ2v) is 5.11. The van der Waals surface area contributed by atoms with Crippen LogP contribution in [-0.4, -0.2) is 6.04 Å². The molecule has 1 aromatic rings. The van der Waals surface area contributed by atoms with Crippen LogP contribution in [0.15, 0.2) is 16.8 Å². The smallest absolute Gasteiger partial charge is 0.0450 e. The molecule has 1 fully saturated rings. The molecule has 1 aromatic heterocycles. The van der Waals surface area contributed by atoms with Crippen molar-refractivity contribution in [3.05, 3.63) is 16.8 Å². The third kappa shape index (κ3) is 2.05. The van der Waals surface area contributed by atoms with E-state index in [0.29, 0.717) is 0 Å². The molecule has 0 bridgehead atoms. The Hall–Kier alpha value is -0.500. The van der Waals surface area contributed by atoms with Crippen molar-refractivity contribution in [3.8, 4) is 0 Å². The van der Waals surface area contributed by atoms with Crippen molar-refractivity contribution in [1.82, 2.24) is 0 Å². The molecule has 0 unspecified atom stereocenters. The summed E-state index contributed by atoms with van der Waals surface area (Å²) in [5.74, 6) is 1.82. The Balaban J connectivity index is 1.76. The van der Waals surface area contributed by atoms with E-state index in [0.717, 1.165) is 17.9 Å². The van der Waals surface area contributed by atoms with Crippen LogP contribution in [0.4, 0.5) is 5.69 Å². The Labute approximate surface area is 84.2 Å². The molecule has 13 heavy (non-hydrogen) atoms. The zero-order chi connectivity index (χ0) is 9.26. The van der Waals surface area contributed by atoms with Crippen molar-refractivity contribution < 1.29 is 0 Å². The van der Waals surface area contributed by atoms with Gasteiger partial charge in [-0.1, -0.05) is 13.8 Å². The Morgan fingerprint density at radius 2 is 2.23 bits per heavy atom. The molecule has 2 heteroatoms. The molecule has 0 radical (unpaired) electrons. The van der Waals surface area contributed by atoms with Crippen molar-refractivity contribution in [2.75, 3.05) is 5.32 Å². The molecule has 0 saturated heterocycles. The van der Waals surface area contributed by atoms with Crippen LogP contribution in [0.5, 0.6) is 0 Å². The van der Waals surface area contributed by atoms with Gasteiger partial charge in [0.2, 0.25) is 0 Å². The summed E-state index contributed by atoms with van der Waals surface area (Å²) in [5, 5.41) is 7.86. The number of hydrogen-bond acceptors (Lipinski definition) is 2. The van der Waals surface area contributed by atoms with Gasteiger partial charge in [0.1, 0.15) is 0 Å². The van der Waals surface area contributed by atoms with E-state index in [4.69, 9.17) is 0 Å². The summed E-state index contributed by atoms with van der Waals surface area (Å²) >= 11 is 1.76. The Bertz CT molecular complexity index is 247. The van der Waals surface area contributed by atoms with Crippen LogP contribution >= 0.6 is 11.3 Å². The monoisotopic (exact) mass is 195 g/mol. The van der Waals surface area contributed by atoms with Crippen molar-refractivity contribution in [2.24, 2.45) is 11.8 Å². The third-order valence-corrected chi connectivity index (χ3v) is 3.69. The lowest BCUT2D eigenvalue weighted by Crippen LogP contribution is -2.37. The molecule has 2 rings (SSSR count). The van der Waals surface area contributed by atoms with Gasteiger partial charge in [-0.3, -0.25) is 0 Å². The zero-order valence-corrected chi connectivity index (χ0v) is 9.10. The molecule has 1 aliphatic carbocycles. The fraction of sp³-hybridized carbons (Fsp3) is 0.636. The first-order valence-corrected chi connectivity index (χ1v) is 5.98. The van der Waals surface area contributed by atoms with E-state index in [1.807, 2.05) is 0 Å². The van der Waals surface area contributed by atoms with Crippen LogP contribution in [0.2, 0.25) is 0 Å². The van der Waals surface area contributed by atoms with Gasteiger partial charge in [-0.25, -0.2) is 0 Å².